The van der Waals surface area contributed by atoms with Crippen LogP contribution in [0.15, 0.2) is 21.3 Å². The van der Waals surface area contributed by atoms with Crippen LogP contribution in [-0.2, 0) is 27.2 Å². The summed E-state index contributed by atoms with van der Waals surface area (Å²) in [6.07, 6.45) is -0.158. The molecule has 0 saturated heterocycles. The van der Waals surface area contributed by atoms with Gasteiger partial charge in [0.25, 0.3) is 0 Å². The molecule has 8 heteroatoms. The molecule has 2 rings (SSSR count). The molecule has 2 aromatic rings. The van der Waals surface area contributed by atoms with Gasteiger partial charge in [0, 0.05) is 18.1 Å². The number of fused-ring (bicyclic) bond motifs is 1. The highest BCUT2D eigenvalue weighted by Gasteiger charge is 2.17. The minimum Gasteiger partial charge on any atom is -0.872 e. The Labute approximate surface area is 151 Å². The number of aryl methyl sites for hydroxylation is 1. The van der Waals surface area contributed by atoms with Crippen LogP contribution in [-0.4, -0.2) is 33.3 Å². The Morgan fingerprint density at radius 1 is 1.28 bits per heavy atom. The number of esters is 1. The van der Waals surface area contributed by atoms with E-state index < -0.39 is 11.6 Å². The monoisotopic (exact) mass is 371 g/mol. The lowest BCUT2D eigenvalue weighted by Crippen LogP contribution is -2.83. The summed E-state index contributed by atoms with van der Waals surface area (Å²) >= 11 is 0. The van der Waals surface area contributed by atoms with Crippen LogP contribution in [0.2, 0.25) is 0 Å². The zero-order valence-corrected chi connectivity index (χ0v) is 15.2. The van der Waals surface area contributed by atoms with Gasteiger partial charge in [0.2, 0.25) is 0 Å². The lowest BCUT2D eigenvalue weighted by atomic mass is 10.0. The van der Waals surface area contributed by atoms with Crippen molar-refractivity contribution < 1.29 is 29.1 Å². The van der Waals surface area contributed by atoms with E-state index in [1.807, 2.05) is 5.32 Å². The third-order valence-corrected chi connectivity index (χ3v) is 3.94. The van der Waals surface area contributed by atoms with E-state index in [9.17, 15) is 14.7 Å². The predicted molar refractivity (Wildman–Crippen MR) is 92.0 cm³/mol. The maximum Gasteiger partial charge on any atom is 0.340 e. The molecule has 1 aromatic carbocycles. The van der Waals surface area contributed by atoms with E-state index in [-0.39, 0.29) is 35.7 Å². The first-order valence-corrected chi connectivity index (χ1v) is 7.62. The Morgan fingerprint density at radius 3 is 2.64 bits per heavy atom. The van der Waals surface area contributed by atoms with Crippen molar-refractivity contribution >= 4 is 29.3 Å². The predicted octanol–water partition coefficient (Wildman–Crippen LogP) is 0.0221. The van der Waals surface area contributed by atoms with Gasteiger partial charge < -0.3 is 24.3 Å². The van der Waals surface area contributed by atoms with Crippen molar-refractivity contribution in [3.8, 4) is 5.75 Å². The van der Waals surface area contributed by atoms with Crippen LogP contribution in [0, 0.1) is 6.92 Å². The first-order valence-electron chi connectivity index (χ1n) is 7.62. The smallest absolute Gasteiger partial charge is 0.340 e. The molecule has 0 aliphatic heterocycles. The molecule has 1 heterocycles. The van der Waals surface area contributed by atoms with Gasteiger partial charge in [-0.2, -0.15) is 0 Å². The molecule has 0 unspecified atom stereocenters. The minimum absolute atomic E-state index is 0. The van der Waals surface area contributed by atoms with Gasteiger partial charge in [-0.15, -0.1) is 12.4 Å². The van der Waals surface area contributed by atoms with E-state index >= 15 is 0 Å². The minimum atomic E-state index is -0.617. The van der Waals surface area contributed by atoms with Gasteiger partial charge in [0.05, 0.1) is 32.2 Å². The SMILES string of the molecule is COCC[NH2+]Cc1c([O-])ccc2c(C)c(CC(=O)OC)c(=O)oc12.Cl. The van der Waals surface area contributed by atoms with Crippen molar-refractivity contribution in [3.63, 3.8) is 0 Å². The summed E-state index contributed by atoms with van der Waals surface area (Å²) < 4.78 is 15.0. The molecular formula is C17H22ClNO6. The molecule has 25 heavy (non-hydrogen) atoms. The van der Waals surface area contributed by atoms with Gasteiger partial charge in [0.1, 0.15) is 12.1 Å². The number of carbonyl (C=O) groups is 1. The zero-order chi connectivity index (χ0) is 17.7. The van der Waals surface area contributed by atoms with Crippen LogP contribution >= 0.6 is 12.4 Å². The van der Waals surface area contributed by atoms with Crippen LogP contribution in [0.1, 0.15) is 16.7 Å². The third-order valence-electron chi connectivity index (χ3n) is 3.94. The number of rotatable bonds is 7. The summed E-state index contributed by atoms with van der Waals surface area (Å²) in [6, 6.07) is 3.08. The summed E-state index contributed by atoms with van der Waals surface area (Å²) in [5.74, 6) is -0.697. The number of carbonyl (C=O) groups excluding carboxylic acids is 1. The highest BCUT2D eigenvalue weighted by Crippen LogP contribution is 2.27. The molecule has 2 N–H and O–H groups in total. The summed E-state index contributed by atoms with van der Waals surface area (Å²) in [5, 5.41) is 14.7. The molecule has 0 spiro atoms. The van der Waals surface area contributed by atoms with Crippen molar-refractivity contribution in [2.45, 2.75) is 19.9 Å². The Hall–Kier alpha value is -2.09. The molecule has 0 radical (unpaired) electrons. The number of quaternary nitrogens is 1. The van der Waals surface area contributed by atoms with Gasteiger partial charge in [0.15, 0.2) is 0 Å². The average Bonchev–Trinajstić information content (AvgIpc) is 2.56. The van der Waals surface area contributed by atoms with Gasteiger partial charge in [-0.25, -0.2) is 4.79 Å². The number of benzene rings is 1. The highest BCUT2D eigenvalue weighted by atomic mass is 35.5. The second kappa shape index (κ2) is 9.41. The number of hydrogen-bond donors (Lipinski definition) is 1. The van der Waals surface area contributed by atoms with Crippen molar-refractivity contribution in [2.24, 2.45) is 0 Å². The second-order valence-electron chi connectivity index (χ2n) is 5.44. The zero-order valence-electron chi connectivity index (χ0n) is 14.4. The Morgan fingerprint density at radius 2 is 2.00 bits per heavy atom. The van der Waals surface area contributed by atoms with E-state index in [0.29, 0.717) is 36.2 Å². The maximum absolute atomic E-state index is 12.2. The van der Waals surface area contributed by atoms with Gasteiger partial charge in [-0.1, -0.05) is 17.9 Å². The van der Waals surface area contributed by atoms with Gasteiger partial charge in [-0.05, 0) is 12.5 Å². The molecule has 0 fully saturated rings. The first kappa shape index (κ1) is 21.0. The molecule has 7 nitrogen and oxygen atoms in total. The van der Waals surface area contributed by atoms with E-state index in [4.69, 9.17) is 9.15 Å². The van der Waals surface area contributed by atoms with Crippen LogP contribution in [0.25, 0.3) is 11.0 Å². The molecule has 1 aromatic heterocycles. The number of hydrogen-bond acceptors (Lipinski definition) is 6. The standard InChI is InChI=1S/C17H21NO6.ClH/c1-10-11-4-5-14(19)13(9-18-6-7-22-2)16(11)24-17(21)12(10)8-15(20)23-3;/h4-5,18-19H,6-9H2,1-3H3;1H. The quantitative estimate of drug-likeness (QED) is 0.418. The lowest BCUT2D eigenvalue weighted by molar-refractivity contribution is -0.672. The molecule has 0 bridgehead atoms. The first-order chi connectivity index (χ1) is 11.5. The van der Waals surface area contributed by atoms with Crippen molar-refractivity contribution in [2.75, 3.05) is 27.4 Å². The Balaban J connectivity index is 0.00000312. The summed E-state index contributed by atoms with van der Waals surface area (Å²) in [4.78, 5) is 23.7. The van der Waals surface area contributed by atoms with Crippen molar-refractivity contribution in [3.05, 3.63) is 39.2 Å². The van der Waals surface area contributed by atoms with Crippen molar-refractivity contribution in [1.82, 2.24) is 0 Å². The number of halogens is 1. The fraction of sp³-hybridized carbons (Fsp3) is 0.412. The summed E-state index contributed by atoms with van der Waals surface area (Å²) in [5.41, 5.74) is 0.988. The second-order valence-corrected chi connectivity index (χ2v) is 5.44. The summed E-state index contributed by atoms with van der Waals surface area (Å²) in [7, 11) is 2.87. The molecule has 138 valence electrons. The molecule has 0 amide bonds. The van der Waals surface area contributed by atoms with Crippen LogP contribution < -0.4 is 16.0 Å². The molecule has 0 aliphatic rings. The van der Waals surface area contributed by atoms with Crippen LogP contribution in [0.3, 0.4) is 0 Å². The van der Waals surface area contributed by atoms with Gasteiger partial charge in [-0.3, -0.25) is 4.79 Å². The maximum atomic E-state index is 12.2. The molecule has 0 aliphatic carbocycles. The van der Waals surface area contributed by atoms with E-state index in [2.05, 4.69) is 4.74 Å². The topological polar surface area (TPSA) is 105 Å². The third kappa shape index (κ3) is 4.72. The van der Waals surface area contributed by atoms with E-state index in [1.165, 1.54) is 13.2 Å². The van der Waals surface area contributed by atoms with Crippen molar-refractivity contribution in [1.29, 1.82) is 0 Å². The summed E-state index contributed by atoms with van der Waals surface area (Å²) in [6.45, 7) is 3.37. The highest BCUT2D eigenvalue weighted by molar-refractivity contribution is 5.86. The molecule has 0 saturated carbocycles. The van der Waals surface area contributed by atoms with Crippen LogP contribution in [0.5, 0.6) is 5.75 Å². The number of methoxy groups -OCH3 is 2. The van der Waals surface area contributed by atoms with Gasteiger partial charge >= 0.3 is 11.6 Å². The van der Waals surface area contributed by atoms with Crippen LogP contribution in [0.4, 0.5) is 0 Å². The van der Waals surface area contributed by atoms with E-state index in [0.717, 1.165) is 0 Å². The average molecular weight is 372 g/mol. The normalized spacial score (nSPS) is 10.5. The largest absolute Gasteiger partial charge is 0.872 e. The Bertz CT molecular complexity index is 802. The fourth-order valence-corrected chi connectivity index (χ4v) is 2.55. The molecule has 0 atom stereocenters. The lowest BCUT2D eigenvalue weighted by Gasteiger charge is -2.16. The fourth-order valence-electron chi connectivity index (χ4n) is 2.55. The Kier molecular flexibility index (Phi) is 7.89. The molecular weight excluding hydrogens is 350 g/mol. The number of ether oxygens (including phenoxy) is 2. The van der Waals surface area contributed by atoms with E-state index in [1.54, 1.807) is 20.1 Å². The number of nitrogens with two attached hydrogens (primary N) is 1.